The van der Waals surface area contributed by atoms with Crippen LogP contribution in [0.3, 0.4) is 0 Å². The van der Waals surface area contributed by atoms with Crippen molar-refractivity contribution < 1.29 is 13.2 Å². The molecule has 1 nitrogen and oxygen atoms in total. The van der Waals surface area contributed by atoms with Gasteiger partial charge in [0.15, 0.2) is 0 Å². The Morgan fingerprint density at radius 2 is 1.89 bits per heavy atom. The van der Waals surface area contributed by atoms with Crippen molar-refractivity contribution in [1.29, 1.82) is 0 Å². The molecule has 2 rings (SSSR count). The number of hydrogen-bond donors (Lipinski definition) is 0. The van der Waals surface area contributed by atoms with Gasteiger partial charge in [-0.3, -0.25) is 4.99 Å². The number of benzene rings is 1. The third-order valence-corrected chi connectivity index (χ3v) is 3.25. The maximum Gasteiger partial charge on any atom is 0.416 e. The van der Waals surface area contributed by atoms with Crippen LogP contribution in [0.2, 0.25) is 0 Å². The van der Waals surface area contributed by atoms with Crippen LogP contribution in [0, 0.1) is 0 Å². The fourth-order valence-electron chi connectivity index (χ4n) is 1.49. The molecule has 19 heavy (non-hydrogen) atoms. The molecule has 0 spiro atoms. The molecule has 0 amide bonds. The van der Waals surface area contributed by atoms with Crippen LogP contribution in [0.1, 0.15) is 10.4 Å². The predicted molar refractivity (Wildman–Crippen MR) is 73.1 cm³/mol. The number of allylic oxidation sites excluding steroid dienone is 1. The molecule has 0 saturated heterocycles. The molecule has 0 bridgehead atoms. The largest absolute Gasteiger partial charge is 0.416 e. The van der Waals surface area contributed by atoms with E-state index in [0.29, 0.717) is 0 Å². The Kier molecular flexibility index (Phi) is 3.85. The van der Waals surface area contributed by atoms with Gasteiger partial charge in [-0.1, -0.05) is 30.8 Å². The fourth-order valence-corrected chi connectivity index (χ4v) is 2.08. The highest BCUT2D eigenvalue weighted by Gasteiger charge is 2.33. The summed E-state index contributed by atoms with van der Waals surface area (Å²) >= 11 is 1.47. The molecule has 0 N–H and O–H groups in total. The van der Waals surface area contributed by atoms with Crippen molar-refractivity contribution in [3.63, 3.8) is 0 Å². The average molecular weight is 281 g/mol. The molecule has 5 heteroatoms. The molecule has 98 valence electrons. The van der Waals surface area contributed by atoms with Crippen molar-refractivity contribution in [2.24, 2.45) is 4.99 Å². The molecule has 1 heterocycles. The summed E-state index contributed by atoms with van der Waals surface area (Å²) < 4.78 is 38.0. The third kappa shape index (κ3) is 3.32. The summed E-state index contributed by atoms with van der Waals surface area (Å²) in [6.45, 7) is 3.11. The van der Waals surface area contributed by atoms with Crippen LogP contribution in [0.15, 0.2) is 53.3 Å². The lowest BCUT2D eigenvalue weighted by Crippen LogP contribution is -2.09. The highest BCUT2D eigenvalue weighted by molar-refractivity contribution is 7.11. The normalized spacial score (nSPS) is 11.9. The Balaban J connectivity index is 2.34. The molecule has 0 saturated carbocycles. The molecule has 0 radical (unpaired) electrons. The topological polar surface area (TPSA) is 12.4 Å². The second kappa shape index (κ2) is 5.40. The van der Waals surface area contributed by atoms with E-state index in [1.165, 1.54) is 29.5 Å². The van der Waals surface area contributed by atoms with Crippen LogP contribution in [-0.4, -0.2) is 12.4 Å². The lowest BCUT2D eigenvalue weighted by Gasteiger charge is -2.11. The van der Waals surface area contributed by atoms with Crippen molar-refractivity contribution in [2.75, 3.05) is 0 Å². The lowest BCUT2D eigenvalue weighted by molar-refractivity contribution is -0.0686. The Hall–Kier alpha value is -1.88. The van der Waals surface area contributed by atoms with Crippen LogP contribution < -0.4 is 0 Å². The first kappa shape index (κ1) is 13.5. The summed E-state index contributed by atoms with van der Waals surface area (Å²) in [6.07, 6.45) is -2.90. The van der Waals surface area contributed by atoms with Gasteiger partial charge in [0.05, 0.1) is 11.3 Å². The molecule has 0 aliphatic carbocycles. The quantitative estimate of drug-likeness (QED) is 0.696. The molecule has 0 aliphatic rings. The molecule has 1 aromatic carbocycles. The second-order valence-corrected chi connectivity index (χ2v) is 4.75. The SMILES string of the molecule is C=C(c1ccccc1N=Cc1cccs1)C(F)(F)F. The standard InChI is InChI=1S/C14H10F3NS/c1-10(14(15,16)17)12-6-2-3-7-13(12)18-9-11-5-4-8-19-11/h2-9H,1H2. The Morgan fingerprint density at radius 1 is 1.16 bits per heavy atom. The van der Waals surface area contributed by atoms with Crippen molar-refractivity contribution in [1.82, 2.24) is 0 Å². The van der Waals surface area contributed by atoms with Gasteiger partial charge >= 0.3 is 6.18 Å². The van der Waals surface area contributed by atoms with Gasteiger partial charge in [0.2, 0.25) is 0 Å². The summed E-state index contributed by atoms with van der Waals surface area (Å²) in [5.74, 6) is 0. The summed E-state index contributed by atoms with van der Waals surface area (Å²) in [7, 11) is 0. The van der Waals surface area contributed by atoms with Crippen LogP contribution in [-0.2, 0) is 0 Å². The molecule has 1 aromatic heterocycles. The van der Waals surface area contributed by atoms with Crippen molar-refractivity contribution >= 4 is 28.8 Å². The Labute approximate surface area is 112 Å². The van der Waals surface area contributed by atoms with Gasteiger partial charge in [0.25, 0.3) is 0 Å². The highest BCUT2D eigenvalue weighted by Crippen LogP contribution is 2.36. The van der Waals surface area contributed by atoms with Gasteiger partial charge in [-0.05, 0) is 17.5 Å². The average Bonchev–Trinajstić information content (AvgIpc) is 2.88. The first-order valence-corrected chi connectivity index (χ1v) is 6.29. The first-order chi connectivity index (χ1) is 8.98. The van der Waals surface area contributed by atoms with Gasteiger partial charge in [-0.2, -0.15) is 13.2 Å². The fraction of sp³-hybridized carbons (Fsp3) is 0.0714. The second-order valence-electron chi connectivity index (χ2n) is 3.77. The zero-order valence-electron chi connectivity index (χ0n) is 9.82. The Morgan fingerprint density at radius 3 is 2.53 bits per heavy atom. The van der Waals surface area contributed by atoms with Crippen LogP contribution in [0.5, 0.6) is 0 Å². The molecule has 2 aromatic rings. The van der Waals surface area contributed by atoms with Crippen molar-refractivity contribution in [3.8, 4) is 0 Å². The van der Waals surface area contributed by atoms with E-state index in [-0.39, 0.29) is 11.3 Å². The highest BCUT2D eigenvalue weighted by atomic mass is 32.1. The van der Waals surface area contributed by atoms with Gasteiger partial charge < -0.3 is 0 Å². The van der Waals surface area contributed by atoms with Gasteiger partial charge in [0, 0.05) is 16.7 Å². The maximum absolute atomic E-state index is 12.7. The predicted octanol–water partition coefficient (Wildman–Crippen LogP) is 5.07. The Bertz CT molecular complexity index is 597. The summed E-state index contributed by atoms with van der Waals surface area (Å²) in [4.78, 5) is 4.99. The zero-order chi connectivity index (χ0) is 13.9. The maximum atomic E-state index is 12.7. The monoisotopic (exact) mass is 281 g/mol. The first-order valence-electron chi connectivity index (χ1n) is 5.41. The van der Waals surface area contributed by atoms with E-state index in [0.717, 1.165) is 4.88 Å². The third-order valence-electron chi connectivity index (χ3n) is 2.45. The van der Waals surface area contributed by atoms with E-state index < -0.39 is 11.7 Å². The minimum absolute atomic E-state index is 0.00260. The van der Waals surface area contributed by atoms with E-state index in [1.54, 1.807) is 12.3 Å². The summed E-state index contributed by atoms with van der Waals surface area (Å²) in [6, 6.07) is 9.79. The van der Waals surface area contributed by atoms with Crippen LogP contribution in [0.4, 0.5) is 18.9 Å². The van der Waals surface area contributed by atoms with Crippen molar-refractivity contribution in [3.05, 3.63) is 58.8 Å². The van der Waals surface area contributed by atoms with Crippen molar-refractivity contribution in [2.45, 2.75) is 6.18 Å². The molecular formula is C14H10F3NS. The van der Waals surface area contributed by atoms with E-state index in [9.17, 15) is 13.2 Å². The number of aliphatic imine (C=N–C) groups is 1. The van der Waals surface area contributed by atoms with Crippen LogP contribution in [0.25, 0.3) is 5.57 Å². The van der Waals surface area contributed by atoms with Crippen LogP contribution >= 0.6 is 11.3 Å². The summed E-state index contributed by atoms with van der Waals surface area (Å²) in [5, 5.41) is 1.88. The molecule has 0 atom stereocenters. The number of thiophene rings is 1. The number of alkyl halides is 3. The molecule has 0 aliphatic heterocycles. The van der Waals surface area contributed by atoms with E-state index >= 15 is 0 Å². The number of rotatable bonds is 3. The van der Waals surface area contributed by atoms with Gasteiger partial charge in [-0.25, -0.2) is 0 Å². The van der Waals surface area contributed by atoms with E-state index in [4.69, 9.17) is 0 Å². The zero-order valence-corrected chi connectivity index (χ0v) is 10.6. The lowest BCUT2D eigenvalue weighted by atomic mass is 10.1. The molecule has 0 unspecified atom stereocenters. The number of hydrogen-bond acceptors (Lipinski definition) is 2. The summed E-state index contributed by atoms with van der Waals surface area (Å²) in [5.41, 5.74) is -0.618. The van der Waals surface area contributed by atoms with E-state index in [1.807, 2.05) is 17.5 Å². The molecular weight excluding hydrogens is 271 g/mol. The molecule has 0 fully saturated rings. The van der Waals surface area contributed by atoms with Gasteiger partial charge in [-0.15, -0.1) is 11.3 Å². The minimum Gasteiger partial charge on any atom is -0.255 e. The minimum atomic E-state index is -4.45. The van der Waals surface area contributed by atoms with E-state index in [2.05, 4.69) is 11.6 Å². The van der Waals surface area contributed by atoms with Gasteiger partial charge in [0.1, 0.15) is 0 Å². The number of para-hydroxylation sites is 1. The number of nitrogens with zero attached hydrogens (tertiary/aromatic N) is 1. The smallest absolute Gasteiger partial charge is 0.255 e. The number of halogens is 3.